The van der Waals surface area contributed by atoms with Crippen LogP contribution in [0.2, 0.25) is 0 Å². The first-order valence-corrected chi connectivity index (χ1v) is 10.6. The number of methoxy groups -OCH3 is 3. The Hall–Kier alpha value is -2.49. The molecule has 1 atom stereocenters. The molecule has 2 rings (SSSR count). The lowest BCUT2D eigenvalue weighted by molar-refractivity contribution is -0.136. The summed E-state index contributed by atoms with van der Waals surface area (Å²) in [6, 6.07) is 2.50. The minimum atomic E-state index is -3.13. The van der Waals surface area contributed by atoms with Crippen LogP contribution in [0, 0.1) is 0 Å². The lowest BCUT2D eigenvalue weighted by Gasteiger charge is -2.26. The Bertz CT molecular complexity index is 836. The van der Waals surface area contributed by atoms with Gasteiger partial charge < -0.3 is 23.8 Å². The van der Waals surface area contributed by atoms with Gasteiger partial charge in [-0.1, -0.05) is 0 Å². The van der Waals surface area contributed by atoms with Gasteiger partial charge in [-0.3, -0.25) is 4.79 Å². The smallest absolute Gasteiger partial charge is 0.342 e. The molecule has 1 heterocycles. The summed E-state index contributed by atoms with van der Waals surface area (Å²) in [4.78, 5) is 26.4. The van der Waals surface area contributed by atoms with Gasteiger partial charge in [0.2, 0.25) is 0 Å². The monoisotopic (exact) mass is 415 g/mol. The number of sulfone groups is 1. The number of amides is 1. The molecule has 0 radical (unpaired) electrons. The van der Waals surface area contributed by atoms with Crippen LogP contribution in [0.3, 0.4) is 0 Å². The Labute approximate surface area is 164 Å². The second kappa shape index (κ2) is 9.13. The zero-order valence-corrected chi connectivity index (χ0v) is 17.2. The van der Waals surface area contributed by atoms with Crippen molar-refractivity contribution in [2.45, 2.75) is 19.4 Å². The molecule has 10 heteroatoms. The quantitative estimate of drug-likeness (QED) is 0.577. The Kier molecular flexibility index (Phi) is 7.11. The zero-order chi connectivity index (χ0) is 20.9. The maximum atomic E-state index is 12.5. The minimum Gasteiger partial charge on any atom is -0.496 e. The van der Waals surface area contributed by atoms with Crippen LogP contribution in [0.15, 0.2) is 12.1 Å². The van der Waals surface area contributed by atoms with E-state index in [0.717, 1.165) is 0 Å². The summed E-state index contributed by atoms with van der Waals surface area (Å²) < 4.78 is 44.0. The van der Waals surface area contributed by atoms with Gasteiger partial charge in [-0.2, -0.15) is 0 Å². The molecule has 0 aromatic heterocycles. The average Bonchev–Trinajstić information content (AvgIpc) is 3.04. The van der Waals surface area contributed by atoms with Gasteiger partial charge in [0.15, 0.2) is 27.9 Å². The van der Waals surface area contributed by atoms with Crippen LogP contribution < -0.4 is 14.2 Å². The predicted molar refractivity (Wildman–Crippen MR) is 101 cm³/mol. The number of benzene rings is 1. The fraction of sp³-hybridized carbons (Fsp3) is 0.556. The molecule has 1 aromatic rings. The Balaban J connectivity index is 2.09. The number of nitrogens with zero attached hydrogens (tertiary/aromatic N) is 1. The van der Waals surface area contributed by atoms with Gasteiger partial charge in [0, 0.05) is 24.7 Å². The number of carbonyl (C=O) groups is 2. The van der Waals surface area contributed by atoms with Gasteiger partial charge >= 0.3 is 5.97 Å². The van der Waals surface area contributed by atoms with E-state index < -0.39 is 34.4 Å². The van der Waals surface area contributed by atoms with Crippen LogP contribution in [0.1, 0.15) is 23.7 Å². The van der Waals surface area contributed by atoms with Crippen LogP contribution in [-0.4, -0.2) is 77.2 Å². The number of esters is 1. The minimum absolute atomic E-state index is 0.0596. The third-order valence-corrected chi connectivity index (χ3v) is 6.31. The van der Waals surface area contributed by atoms with Crippen LogP contribution >= 0.6 is 0 Å². The topological polar surface area (TPSA) is 108 Å². The Morgan fingerprint density at radius 1 is 1.07 bits per heavy atom. The first kappa shape index (κ1) is 21.8. The predicted octanol–water partition coefficient (Wildman–Crippen LogP) is 0.905. The van der Waals surface area contributed by atoms with Gasteiger partial charge in [0.25, 0.3) is 5.91 Å². The number of hydrogen-bond donors (Lipinski definition) is 0. The molecule has 1 fully saturated rings. The van der Waals surface area contributed by atoms with E-state index >= 15 is 0 Å². The van der Waals surface area contributed by atoms with Crippen molar-refractivity contribution in [2.75, 3.05) is 46.0 Å². The fourth-order valence-corrected chi connectivity index (χ4v) is 4.87. The molecule has 1 saturated heterocycles. The zero-order valence-electron chi connectivity index (χ0n) is 16.4. The number of rotatable bonds is 8. The summed E-state index contributed by atoms with van der Waals surface area (Å²) in [6.45, 7) is 1.58. The van der Waals surface area contributed by atoms with Crippen molar-refractivity contribution in [3.8, 4) is 17.2 Å². The van der Waals surface area contributed by atoms with Gasteiger partial charge in [-0.05, 0) is 13.3 Å². The molecular formula is C18H25NO8S. The van der Waals surface area contributed by atoms with Gasteiger partial charge in [-0.25, -0.2) is 13.2 Å². The summed E-state index contributed by atoms with van der Waals surface area (Å²) in [7, 11) is 1.15. The van der Waals surface area contributed by atoms with Crippen molar-refractivity contribution in [1.29, 1.82) is 0 Å². The Morgan fingerprint density at radius 2 is 1.68 bits per heavy atom. The van der Waals surface area contributed by atoms with Crippen molar-refractivity contribution in [3.05, 3.63) is 17.7 Å². The molecule has 0 bridgehead atoms. The second-order valence-corrected chi connectivity index (χ2v) is 8.45. The number of hydrogen-bond acceptors (Lipinski definition) is 8. The number of likely N-dealkylation sites (N-methyl/N-ethyl adjacent to an activating group) is 1. The SMILES string of the molecule is CCN(C(=O)COC(=O)c1cc(OC)c(OC)cc1OC)C1CCS(=O)(=O)C1. The normalized spacial score (nSPS) is 17.6. The van der Waals surface area contributed by atoms with Crippen LogP contribution in [0.4, 0.5) is 0 Å². The van der Waals surface area contributed by atoms with Gasteiger partial charge in [0.05, 0.1) is 32.8 Å². The number of carbonyl (C=O) groups excluding carboxylic acids is 2. The van der Waals surface area contributed by atoms with E-state index in [9.17, 15) is 18.0 Å². The van der Waals surface area contributed by atoms with Gasteiger partial charge in [0.1, 0.15) is 11.3 Å². The van der Waals surface area contributed by atoms with Crippen molar-refractivity contribution < 1.29 is 37.0 Å². The van der Waals surface area contributed by atoms with E-state index in [1.54, 1.807) is 6.92 Å². The van der Waals surface area contributed by atoms with Crippen molar-refractivity contribution in [3.63, 3.8) is 0 Å². The number of ether oxygens (including phenoxy) is 4. The van der Waals surface area contributed by atoms with Gasteiger partial charge in [-0.15, -0.1) is 0 Å². The lowest BCUT2D eigenvalue weighted by atomic mass is 10.1. The van der Waals surface area contributed by atoms with Crippen LogP contribution in [-0.2, 0) is 19.4 Å². The molecular weight excluding hydrogens is 390 g/mol. The third-order valence-electron chi connectivity index (χ3n) is 4.56. The fourth-order valence-electron chi connectivity index (χ4n) is 3.14. The summed E-state index contributed by atoms with van der Waals surface area (Å²) in [6.07, 6.45) is 0.388. The standard InChI is InChI=1S/C18H25NO8S/c1-5-19(12-6-7-28(22,23)11-12)17(20)10-27-18(21)13-8-15(25-3)16(26-4)9-14(13)24-2/h8-9,12H,5-7,10-11H2,1-4H3. The van der Waals surface area contributed by atoms with Crippen LogP contribution in [0.25, 0.3) is 0 Å². The summed E-state index contributed by atoms with van der Waals surface area (Å²) in [5.41, 5.74) is 0.0828. The molecule has 1 aliphatic rings. The third kappa shape index (κ3) is 4.86. The van der Waals surface area contributed by atoms with E-state index in [0.29, 0.717) is 24.5 Å². The van der Waals surface area contributed by atoms with E-state index in [2.05, 4.69) is 0 Å². The molecule has 0 aliphatic carbocycles. The Morgan fingerprint density at radius 3 is 2.18 bits per heavy atom. The van der Waals surface area contributed by atoms with Crippen molar-refractivity contribution in [1.82, 2.24) is 4.90 Å². The highest BCUT2D eigenvalue weighted by Crippen LogP contribution is 2.35. The maximum absolute atomic E-state index is 12.5. The summed E-state index contributed by atoms with van der Waals surface area (Å²) >= 11 is 0. The first-order valence-electron chi connectivity index (χ1n) is 8.73. The highest BCUT2D eigenvalue weighted by molar-refractivity contribution is 7.91. The highest BCUT2D eigenvalue weighted by atomic mass is 32.2. The molecule has 1 unspecified atom stereocenters. The molecule has 1 aromatic carbocycles. The van der Waals surface area contributed by atoms with E-state index in [4.69, 9.17) is 18.9 Å². The molecule has 9 nitrogen and oxygen atoms in total. The second-order valence-electron chi connectivity index (χ2n) is 6.22. The van der Waals surface area contributed by atoms with Crippen LogP contribution in [0.5, 0.6) is 17.2 Å². The molecule has 28 heavy (non-hydrogen) atoms. The highest BCUT2D eigenvalue weighted by Gasteiger charge is 2.34. The van der Waals surface area contributed by atoms with E-state index in [1.807, 2.05) is 0 Å². The lowest BCUT2D eigenvalue weighted by Crippen LogP contribution is -2.43. The molecule has 1 aliphatic heterocycles. The molecule has 0 saturated carbocycles. The molecule has 0 N–H and O–H groups in total. The van der Waals surface area contributed by atoms with Crippen molar-refractivity contribution in [2.24, 2.45) is 0 Å². The summed E-state index contributed by atoms with van der Waals surface area (Å²) in [5, 5.41) is 0. The molecule has 156 valence electrons. The molecule has 1 amide bonds. The van der Waals surface area contributed by atoms with E-state index in [-0.39, 0.29) is 22.8 Å². The maximum Gasteiger partial charge on any atom is 0.342 e. The largest absolute Gasteiger partial charge is 0.496 e. The van der Waals surface area contributed by atoms with E-state index in [1.165, 1.54) is 38.4 Å². The van der Waals surface area contributed by atoms with Crippen molar-refractivity contribution >= 4 is 21.7 Å². The first-order chi connectivity index (χ1) is 13.3. The molecule has 0 spiro atoms. The summed E-state index contributed by atoms with van der Waals surface area (Å²) in [5.74, 6) is -0.309. The average molecular weight is 415 g/mol.